The molecule has 0 fully saturated rings. The predicted octanol–water partition coefficient (Wildman–Crippen LogP) is 1.75. The molecule has 0 saturated heterocycles. The number of nitrogens with one attached hydrogen (secondary N) is 4. The molecule has 2 heterocycles. The normalized spacial score (nSPS) is 14.1. The number of anilines is 2. The third kappa shape index (κ3) is 6.67. The number of rotatable bonds is 9. The van der Waals surface area contributed by atoms with Gasteiger partial charge in [0.15, 0.2) is 0 Å². The van der Waals surface area contributed by atoms with Crippen molar-refractivity contribution in [2.75, 3.05) is 36.8 Å². The first kappa shape index (κ1) is 25.7. The first-order valence-corrected chi connectivity index (χ1v) is 12.6. The van der Waals surface area contributed by atoms with Crippen LogP contribution in [0.15, 0.2) is 76.7 Å². The molecule has 3 aromatic carbocycles. The first-order valence-electron chi connectivity index (χ1n) is 12.6. The number of hydrogen-bond acceptors (Lipinski definition) is 8. The lowest BCUT2D eigenvalue weighted by Crippen LogP contribution is -2.24. The Morgan fingerprint density at radius 3 is 2.05 bits per heavy atom. The fourth-order valence-corrected chi connectivity index (χ4v) is 4.55. The summed E-state index contributed by atoms with van der Waals surface area (Å²) in [5.41, 5.74) is 3.73. The Labute approximate surface area is 225 Å². The molecule has 198 valence electrons. The van der Waals surface area contributed by atoms with Gasteiger partial charge >= 0.3 is 6.03 Å². The summed E-state index contributed by atoms with van der Waals surface area (Å²) in [6.07, 6.45) is 0.175. The van der Waals surface area contributed by atoms with Crippen molar-refractivity contribution in [3.63, 3.8) is 0 Å². The fraction of sp³-hybridized carbons (Fsp3) is 0.207. The average Bonchev–Trinajstić information content (AvgIpc) is 3.64. The fourth-order valence-electron chi connectivity index (χ4n) is 4.55. The van der Waals surface area contributed by atoms with Gasteiger partial charge in [-0.3, -0.25) is 14.8 Å². The van der Waals surface area contributed by atoms with Gasteiger partial charge in [-0.2, -0.15) is 0 Å². The highest BCUT2D eigenvalue weighted by molar-refractivity contribution is 6.04. The molecular formula is C29H27N6O4-. The SMILES string of the molecule is O=C(Cc1cc(NC(=O)Nc2cccc(C3=NCCN3)c2)cc(C(=O)[O-])c1)Cc1cccc(C2=NCCN2)c1. The molecule has 5 rings (SSSR count). The zero-order chi connectivity index (χ0) is 27.2. The second-order valence-corrected chi connectivity index (χ2v) is 9.27. The van der Waals surface area contributed by atoms with E-state index in [1.165, 1.54) is 12.1 Å². The molecule has 0 bridgehead atoms. The van der Waals surface area contributed by atoms with E-state index in [-0.39, 0.29) is 29.9 Å². The number of carboxylic acid groups (broad SMARTS) is 1. The summed E-state index contributed by atoms with van der Waals surface area (Å²) in [6.45, 7) is 2.99. The second-order valence-electron chi connectivity index (χ2n) is 9.27. The largest absolute Gasteiger partial charge is 0.545 e. The molecule has 2 amide bonds. The third-order valence-corrected chi connectivity index (χ3v) is 6.23. The van der Waals surface area contributed by atoms with Crippen molar-refractivity contribution in [1.82, 2.24) is 10.6 Å². The van der Waals surface area contributed by atoms with Crippen LogP contribution >= 0.6 is 0 Å². The molecule has 0 atom stereocenters. The minimum absolute atomic E-state index is 0.00198. The van der Waals surface area contributed by atoms with Crippen molar-refractivity contribution < 1.29 is 19.5 Å². The number of benzene rings is 3. The molecule has 0 radical (unpaired) electrons. The third-order valence-electron chi connectivity index (χ3n) is 6.23. The van der Waals surface area contributed by atoms with Gasteiger partial charge < -0.3 is 31.2 Å². The number of aromatic carboxylic acids is 1. The lowest BCUT2D eigenvalue weighted by Gasteiger charge is -2.13. The van der Waals surface area contributed by atoms with Crippen LogP contribution in [0.2, 0.25) is 0 Å². The Morgan fingerprint density at radius 1 is 0.744 bits per heavy atom. The predicted molar refractivity (Wildman–Crippen MR) is 148 cm³/mol. The number of amidine groups is 2. The maximum atomic E-state index is 12.9. The summed E-state index contributed by atoms with van der Waals surface area (Å²) in [4.78, 5) is 46.0. The number of ketones is 1. The van der Waals surface area contributed by atoms with E-state index in [9.17, 15) is 19.5 Å². The minimum Gasteiger partial charge on any atom is -0.545 e. The highest BCUT2D eigenvalue weighted by atomic mass is 16.4. The number of amides is 2. The van der Waals surface area contributed by atoms with Crippen LogP contribution in [-0.2, 0) is 17.6 Å². The lowest BCUT2D eigenvalue weighted by molar-refractivity contribution is -0.255. The average molecular weight is 524 g/mol. The highest BCUT2D eigenvalue weighted by Crippen LogP contribution is 2.18. The van der Waals surface area contributed by atoms with E-state index in [0.29, 0.717) is 17.8 Å². The van der Waals surface area contributed by atoms with Gasteiger partial charge in [0.1, 0.15) is 17.5 Å². The van der Waals surface area contributed by atoms with Crippen molar-refractivity contribution in [1.29, 1.82) is 0 Å². The molecule has 10 nitrogen and oxygen atoms in total. The van der Waals surface area contributed by atoms with E-state index in [1.54, 1.807) is 24.3 Å². The van der Waals surface area contributed by atoms with Gasteiger partial charge in [-0.25, -0.2) is 4.79 Å². The lowest BCUT2D eigenvalue weighted by atomic mass is 9.99. The molecule has 2 aliphatic heterocycles. The summed E-state index contributed by atoms with van der Waals surface area (Å²) in [6, 6.07) is 18.6. The van der Waals surface area contributed by atoms with Crippen LogP contribution in [0, 0.1) is 0 Å². The number of carbonyl (C=O) groups is 3. The molecular weight excluding hydrogens is 496 g/mol. The van der Waals surface area contributed by atoms with E-state index in [0.717, 1.165) is 48.0 Å². The van der Waals surface area contributed by atoms with Gasteiger partial charge in [-0.1, -0.05) is 30.3 Å². The molecule has 0 spiro atoms. The molecule has 0 saturated carbocycles. The molecule has 4 N–H and O–H groups in total. The van der Waals surface area contributed by atoms with Gasteiger partial charge in [-0.15, -0.1) is 0 Å². The number of carbonyl (C=O) groups excluding carboxylic acids is 3. The number of hydrogen-bond donors (Lipinski definition) is 4. The van der Waals surface area contributed by atoms with Gasteiger partial charge in [-0.05, 0) is 53.1 Å². The summed E-state index contributed by atoms with van der Waals surface area (Å²) in [7, 11) is 0. The number of urea groups is 1. The Bertz CT molecular complexity index is 1390. The Morgan fingerprint density at radius 2 is 1.38 bits per heavy atom. The molecule has 0 unspecified atom stereocenters. The Kier molecular flexibility index (Phi) is 7.63. The summed E-state index contributed by atoms with van der Waals surface area (Å²) < 4.78 is 0. The topological polar surface area (TPSA) is 147 Å². The quantitative estimate of drug-likeness (QED) is 0.336. The molecule has 10 heteroatoms. The van der Waals surface area contributed by atoms with E-state index in [4.69, 9.17) is 0 Å². The van der Waals surface area contributed by atoms with Crippen LogP contribution in [0.25, 0.3) is 0 Å². The zero-order valence-electron chi connectivity index (χ0n) is 21.1. The highest BCUT2D eigenvalue weighted by Gasteiger charge is 2.13. The summed E-state index contributed by atoms with van der Waals surface area (Å²) >= 11 is 0. The maximum absolute atomic E-state index is 12.9. The van der Waals surface area contributed by atoms with Gasteiger partial charge in [0, 0.05) is 48.4 Å². The van der Waals surface area contributed by atoms with Crippen LogP contribution in [0.4, 0.5) is 16.2 Å². The second kappa shape index (κ2) is 11.6. The number of nitrogens with zero attached hydrogens (tertiary/aromatic N) is 2. The van der Waals surface area contributed by atoms with Crippen LogP contribution in [0.3, 0.4) is 0 Å². The van der Waals surface area contributed by atoms with Crippen LogP contribution in [0.1, 0.15) is 32.6 Å². The maximum Gasteiger partial charge on any atom is 0.323 e. The van der Waals surface area contributed by atoms with Crippen molar-refractivity contribution in [3.05, 3.63) is 94.5 Å². The molecule has 2 aliphatic rings. The monoisotopic (exact) mass is 523 g/mol. The number of carboxylic acids is 1. The van der Waals surface area contributed by atoms with Crippen molar-refractivity contribution >= 4 is 40.8 Å². The first-order chi connectivity index (χ1) is 18.9. The van der Waals surface area contributed by atoms with E-state index in [1.807, 2.05) is 30.3 Å². The zero-order valence-corrected chi connectivity index (χ0v) is 21.1. The molecule has 0 aliphatic carbocycles. The van der Waals surface area contributed by atoms with Gasteiger partial charge in [0.25, 0.3) is 0 Å². The van der Waals surface area contributed by atoms with Crippen LogP contribution in [0.5, 0.6) is 0 Å². The van der Waals surface area contributed by atoms with E-state index < -0.39 is 12.0 Å². The Balaban J connectivity index is 1.25. The number of Topliss-reactive ketones (excluding diaryl/α,β-unsaturated/α-hetero) is 1. The van der Waals surface area contributed by atoms with Crippen molar-refractivity contribution in [2.24, 2.45) is 9.98 Å². The van der Waals surface area contributed by atoms with E-state index in [2.05, 4.69) is 31.3 Å². The smallest absolute Gasteiger partial charge is 0.323 e. The van der Waals surface area contributed by atoms with Crippen molar-refractivity contribution in [2.45, 2.75) is 12.8 Å². The Hall–Kier alpha value is -4.99. The van der Waals surface area contributed by atoms with E-state index >= 15 is 0 Å². The van der Waals surface area contributed by atoms with Gasteiger partial charge in [0.05, 0.1) is 19.1 Å². The number of aliphatic imine (C=N–C) groups is 2. The van der Waals surface area contributed by atoms with Crippen LogP contribution in [-0.4, -0.2) is 55.6 Å². The summed E-state index contributed by atoms with van der Waals surface area (Å²) in [5, 5.41) is 23.4. The van der Waals surface area contributed by atoms with Crippen LogP contribution < -0.4 is 26.4 Å². The standard InChI is InChI=1S/C29H28N6O4/c36-25(14-18-3-1-4-20(11-18)26-30-7-8-31-26)15-19-12-22(28(37)38)17-24(13-19)35-29(39)34-23-6-2-5-21(16-23)27-32-9-10-33-27/h1-6,11-13,16-17H,7-10,14-15H2,(H,30,31)(H,32,33)(H,37,38)(H2,34,35,39)/p-1. The molecule has 0 aromatic heterocycles. The summed E-state index contributed by atoms with van der Waals surface area (Å²) in [5.74, 6) is 0.0869. The molecule has 3 aromatic rings. The van der Waals surface area contributed by atoms with Crippen molar-refractivity contribution in [3.8, 4) is 0 Å². The minimum atomic E-state index is -1.40. The molecule has 39 heavy (non-hydrogen) atoms. The van der Waals surface area contributed by atoms with Gasteiger partial charge in [0.2, 0.25) is 0 Å².